The van der Waals surface area contributed by atoms with E-state index in [-0.39, 0.29) is 5.92 Å². The maximum atomic E-state index is 11.4. The highest BCUT2D eigenvalue weighted by atomic mass is 35.5. The van der Waals surface area contributed by atoms with E-state index in [0.717, 1.165) is 12.0 Å². The van der Waals surface area contributed by atoms with Crippen LogP contribution in [0.25, 0.3) is 0 Å². The van der Waals surface area contributed by atoms with Gasteiger partial charge >= 0.3 is 5.97 Å². The van der Waals surface area contributed by atoms with Gasteiger partial charge in [0.25, 0.3) is 0 Å². The fourth-order valence-electron chi connectivity index (χ4n) is 2.37. The SMILES string of the molecule is CC1CCC1(C(=O)O)c1ccc(Cl)c(Cl)c1. The molecule has 4 heteroatoms. The van der Waals surface area contributed by atoms with Crippen LogP contribution in [-0.4, -0.2) is 11.1 Å². The Labute approximate surface area is 104 Å². The first-order valence-corrected chi connectivity index (χ1v) is 5.93. The second kappa shape index (κ2) is 3.94. The average Bonchev–Trinajstić information content (AvgIpc) is 2.21. The van der Waals surface area contributed by atoms with E-state index in [1.54, 1.807) is 18.2 Å². The second-order valence-electron chi connectivity index (χ2n) is 4.35. The van der Waals surface area contributed by atoms with E-state index in [4.69, 9.17) is 23.2 Å². The van der Waals surface area contributed by atoms with Crippen LogP contribution in [0, 0.1) is 5.92 Å². The third kappa shape index (κ3) is 1.52. The van der Waals surface area contributed by atoms with Crippen LogP contribution in [0.15, 0.2) is 18.2 Å². The van der Waals surface area contributed by atoms with Gasteiger partial charge in [0.15, 0.2) is 0 Å². The molecule has 1 aromatic rings. The van der Waals surface area contributed by atoms with Crippen molar-refractivity contribution in [3.8, 4) is 0 Å². The van der Waals surface area contributed by atoms with Crippen molar-refractivity contribution in [2.24, 2.45) is 5.92 Å². The summed E-state index contributed by atoms with van der Waals surface area (Å²) in [5.41, 5.74) is -0.0121. The molecule has 1 N–H and O–H groups in total. The van der Waals surface area contributed by atoms with Gasteiger partial charge in [-0.25, -0.2) is 0 Å². The van der Waals surface area contributed by atoms with E-state index < -0.39 is 11.4 Å². The van der Waals surface area contributed by atoms with Crippen molar-refractivity contribution < 1.29 is 9.90 Å². The summed E-state index contributed by atoms with van der Waals surface area (Å²) in [5, 5.41) is 10.3. The predicted molar refractivity (Wildman–Crippen MR) is 64.2 cm³/mol. The van der Waals surface area contributed by atoms with Crippen LogP contribution in [0.2, 0.25) is 10.0 Å². The standard InChI is InChI=1S/C12H12Cl2O2/c1-7-4-5-12(7,11(15)16)8-2-3-9(13)10(14)6-8/h2-3,6-7H,4-5H2,1H3,(H,15,16). The molecule has 86 valence electrons. The Bertz CT molecular complexity index is 445. The van der Waals surface area contributed by atoms with Crippen molar-refractivity contribution in [1.82, 2.24) is 0 Å². The highest BCUT2D eigenvalue weighted by Crippen LogP contribution is 2.49. The van der Waals surface area contributed by atoms with Gasteiger partial charge in [0.05, 0.1) is 15.5 Å². The zero-order valence-corrected chi connectivity index (χ0v) is 10.3. The molecule has 0 amide bonds. The topological polar surface area (TPSA) is 37.3 Å². The molecule has 2 rings (SSSR count). The summed E-state index contributed by atoms with van der Waals surface area (Å²) < 4.78 is 0. The number of carboxylic acid groups (broad SMARTS) is 1. The fourth-order valence-corrected chi connectivity index (χ4v) is 2.66. The summed E-state index contributed by atoms with van der Waals surface area (Å²) in [6.07, 6.45) is 1.61. The summed E-state index contributed by atoms with van der Waals surface area (Å²) in [4.78, 5) is 11.4. The van der Waals surface area contributed by atoms with Crippen LogP contribution >= 0.6 is 23.2 Å². The Morgan fingerprint density at radius 1 is 1.44 bits per heavy atom. The minimum Gasteiger partial charge on any atom is -0.481 e. The van der Waals surface area contributed by atoms with E-state index in [2.05, 4.69) is 0 Å². The first-order valence-electron chi connectivity index (χ1n) is 5.17. The Hall–Kier alpha value is -0.730. The van der Waals surface area contributed by atoms with Crippen molar-refractivity contribution >= 4 is 29.2 Å². The average molecular weight is 259 g/mol. The number of aliphatic carboxylic acids is 1. The van der Waals surface area contributed by atoms with E-state index in [1.165, 1.54) is 0 Å². The van der Waals surface area contributed by atoms with Gasteiger partial charge in [-0.05, 0) is 36.5 Å². The number of carboxylic acids is 1. The smallest absolute Gasteiger partial charge is 0.314 e. The van der Waals surface area contributed by atoms with Gasteiger partial charge in [-0.1, -0.05) is 36.2 Å². The minimum atomic E-state index is -0.773. The predicted octanol–water partition coefficient (Wildman–Crippen LogP) is 3.75. The van der Waals surface area contributed by atoms with E-state index >= 15 is 0 Å². The fraction of sp³-hybridized carbons (Fsp3) is 0.417. The molecular formula is C12H12Cl2O2. The number of rotatable bonds is 2. The van der Waals surface area contributed by atoms with Crippen LogP contribution in [0.3, 0.4) is 0 Å². The van der Waals surface area contributed by atoms with Gasteiger partial charge in [-0.2, -0.15) is 0 Å². The maximum absolute atomic E-state index is 11.4. The van der Waals surface area contributed by atoms with Crippen LogP contribution in [0.5, 0.6) is 0 Å². The summed E-state index contributed by atoms with van der Waals surface area (Å²) in [7, 11) is 0. The molecule has 1 aliphatic rings. The Morgan fingerprint density at radius 3 is 2.50 bits per heavy atom. The van der Waals surface area contributed by atoms with Crippen LogP contribution < -0.4 is 0 Å². The lowest BCUT2D eigenvalue weighted by atomic mass is 9.57. The number of carbonyl (C=O) groups is 1. The second-order valence-corrected chi connectivity index (χ2v) is 5.16. The molecule has 0 bridgehead atoms. The highest BCUT2D eigenvalue weighted by molar-refractivity contribution is 6.42. The van der Waals surface area contributed by atoms with Gasteiger partial charge < -0.3 is 5.11 Å². The van der Waals surface area contributed by atoms with Gasteiger partial charge in [0, 0.05) is 0 Å². The van der Waals surface area contributed by atoms with Crippen molar-refractivity contribution in [2.45, 2.75) is 25.2 Å². The molecule has 1 aliphatic carbocycles. The molecule has 2 atom stereocenters. The molecular weight excluding hydrogens is 247 g/mol. The van der Waals surface area contributed by atoms with Gasteiger partial charge in [-0.15, -0.1) is 0 Å². The maximum Gasteiger partial charge on any atom is 0.314 e. The lowest BCUT2D eigenvalue weighted by molar-refractivity contribution is -0.151. The molecule has 1 aromatic carbocycles. The van der Waals surface area contributed by atoms with Gasteiger partial charge in [-0.3, -0.25) is 4.79 Å². The number of benzene rings is 1. The molecule has 1 saturated carbocycles. The first kappa shape index (κ1) is 11.7. The molecule has 0 spiro atoms. The number of hydrogen-bond donors (Lipinski definition) is 1. The molecule has 1 fully saturated rings. The Balaban J connectivity index is 2.49. The third-order valence-corrected chi connectivity index (χ3v) is 4.37. The van der Waals surface area contributed by atoms with E-state index in [1.807, 2.05) is 6.92 Å². The minimum absolute atomic E-state index is 0.141. The molecule has 0 radical (unpaired) electrons. The first-order chi connectivity index (χ1) is 7.48. The van der Waals surface area contributed by atoms with Crippen LogP contribution in [-0.2, 0) is 10.2 Å². The molecule has 0 heterocycles. The largest absolute Gasteiger partial charge is 0.481 e. The molecule has 0 saturated heterocycles. The summed E-state index contributed by atoms with van der Waals surface area (Å²) in [6.45, 7) is 1.96. The zero-order chi connectivity index (χ0) is 11.9. The summed E-state index contributed by atoms with van der Waals surface area (Å²) in [5.74, 6) is -0.633. The van der Waals surface area contributed by atoms with Crippen molar-refractivity contribution in [3.63, 3.8) is 0 Å². The third-order valence-electron chi connectivity index (χ3n) is 3.63. The monoisotopic (exact) mass is 258 g/mol. The highest BCUT2D eigenvalue weighted by Gasteiger charge is 2.51. The van der Waals surface area contributed by atoms with Crippen LogP contribution in [0.4, 0.5) is 0 Å². The van der Waals surface area contributed by atoms with Crippen molar-refractivity contribution in [1.29, 1.82) is 0 Å². The summed E-state index contributed by atoms with van der Waals surface area (Å²) >= 11 is 11.8. The molecule has 0 aromatic heterocycles. The Morgan fingerprint density at radius 2 is 2.12 bits per heavy atom. The van der Waals surface area contributed by atoms with Crippen molar-refractivity contribution in [3.05, 3.63) is 33.8 Å². The number of halogens is 2. The number of hydrogen-bond acceptors (Lipinski definition) is 1. The molecule has 0 aliphatic heterocycles. The molecule has 2 unspecified atom stereocenters. The molecule has 16 heavy (non-hydrogen) atoms. The lowest BCUT2D eigenvalue weighted by Crippen LogP contribution is -2.49. The lowest BCUT2D eigenvalue weighted by Gasteiger charge is -2.45. The zero-order valence-electron chi connectivity index (χ0n) is 8.84. The summed E-state index contributed by atoms with van der Waals surface area (Å²) in [6, 6.07) is 5.10. The quantitative estimate of drug-likeness (QED) is 0.878. The normalized spacial score (nSPS) is 28.6. The molecule has 2 nitrogen and oxygen atoms in total. The Kier molecular flexibility index (Phi) is 2.89. The van der Waals surface area contributed by atoms with Crippen LogP contribution in [0.1, 0.15) is 25.3 Å². The van der Waals surface area contributed by atoms with E-state index in [9.17, 15) is 9.90 Å². The van der Waals surface area contributed by atoms with Gasteiger partial charge in [0.2, 0.25) is 0 Å². The van der Waals surface area contributed by atoms with Gasteiger partial charge in [0.1, 0.15) is 0 Å². The van der Waals surface area contributed by atoms with E-state index in [0.29, 0.717) is 16.5 Å². The van der Waals surface area contributed by atoms with Crippen molar-refractivity contribution in [2.75, 3.05) is 0 Å².